The van der Waals surface area contributed by atoms with E-state index in [-0.39, 0.29) is 0 Å². The first-order valence-corrected chi connectivity index (χ1v) is 4.75. The van der Waals surface area contributed by atoms with E-state index < -0.39 is 24.5 Å². The summed E-state index contributed by atoms with van der Waals surface area (Å²) in [6, 6.07) is 0. The third-order valence-corrected chi connectivity index (χ3v) is 3.03. The summed E-state index contributed by atoms with van der Waals surface area (Å²) in [6.45, 7) is 0.461. The molecule has 1 heterocycles. The monoisotopic (exact) mass is 191 g/mol. The second kappa shape index (κ2) is 3.17. The van der Waals surface area contributed by atoms with E-state index in [9.17, 15) is 8.78 Å². The summed E-state index contributed by atoms with van der Waals surface area (Å²) < 4.78 is 30.5. The third kappa shape index (κ3) is 1.46. The highest BCUT2D eigenvalue weighted by atomic mass is 19.1. The quantitative estimate of drug-likeness (QED) is 0.712. The normalized spacial score (nSPS) is 30.0. The van der Waals surface area contributed by atoms with E-state index in [0.29, 0.717) is 19.4 Å². The Bertz CT molecular complexity index is 178. The number of hydrogen-bond donors (Lipinski definition) is 1. The van der Waals surface area contributed by atoms with Crippen molar-refractivity contribution in [3.63, 3.8) is 0 Å². The smallest absolute Gasteiger partial charge is 0.120 e. The summed E-state index contributed by atoms with van der Waals surface area (Å²) in [6.07, 6.45) is 1.94. The zero-order valence-corrected chi connectivity index (χ0v) is 7.61. The number of rotatable bonds is 2. The van der Waals surface area contributed by atoms with Gasteiger partial charge in [0.15, 0.2) is 0 Å². The molecule has 0 radical (unpaired) electrons. The van der Waals surface area contributed by atoms with Crippen LogP contribution in [0.1, 0.15) is 19.3 Å². The van der Waals surface area contributed by atoms with Gasteiger partial charge in [-0.1, -0.05) is 0 Å². The molecule has 1 aliphatic carbocycles. The van der Waals surface area contributed by atoms with Gasteiger partial charge in [0.05, 0.1) is 20.0 Å². The van der Waals surface area contributed by atoms with E-state index in [1.54, 1.807) is 0 Å². The third-order valence-electron chi connectivity index (χ3n) is 3.03. The van der Waals surface area contributed by atoms with Crippen molar-refractivity contribution in [3.8, 4) is 0 Å². The van der Waals surface area contributed by atoms with Crippen molar-refractivity contribution >= 4 is 0 Å². The lowest BCUT2D eigenvalue weighted by atomic mass is 9.64. The number of halogens is 2. The molecular weight excluding hydrogens is 176 g/mol. The van der Waals surface area contributed by atoms with Gasteiger partial charge >= 0.3 is 0 Å². The van der Waals surface area contributed by atoms with Crippen molar-refractivity contribution in [3.05, 3.63) is 0 Å². The fourth-order valence-electron chi connectivity index (χ4n) is 2.32. The van der Waals surface area contributed by atoms with Gasteiger partial charge < -0.3 is 4.74 Å². The average molecular weight is 191 g/mol. The molecular formula is C9H15F2NO. The van der Waals surface area contributed by atoms with E-state index in [2.05, 4.69) is 5.32 Å². The highest BCUT2D eigenvalue weighted by molar-refractivity contribution is 5.04. The highest BCUT2D eigenvalue weighted by Crippen LogP contribution is 2.50. The first-order valence-electron chi connectivity index (χ1n) is 4.75. The molecule has 0 bridgehead atoms. The largest absolute Gasteiger partial charge is 0.361 e. The fourth-order valence-corrected chi connectivity index (χ4v) is 2.32. The molecule has 0 aromatic carbocycles. The van der Waals surface area contributed by atoms with E-state index in [0.717, 1.165) is 13.0 Å². The lowest BCUT2D eigenvalue weighted by Crippen LogP contribution is -2.65. The molecule has 4 heteroatoms. The standard InChI is InChI=1S/C9H15F2NO/c10-6-8(7-11)4-9(5-8)12-2-1-3-13-9/h12H,1-7H2. The molecule has 1 N–H and O–H groups in total. The molecule has 0 amide bonds. The Balaban J connectivity index is 1.93. The van der Waals surface area contributed by atoms with Gasteiger partial charge in [-0.05, 0) is 13.0 Å². The number of nitrogens with one attached hydrogen (secondary N) is 1. The molecule has 1 saturated heterocycles. The van der Waals surface area contributed by atoms with Crippen molar-refractivity contribution in [1.82, 2.24) is 5.32 Å². The molecule has 1 saturated carbocycles. The lowest BCUT2D eigenvalue weighted by molar-refractivity contribution is -0.212. The first-order chi connectivity index (χ1) is 6.24. The Labute approximate surface area is 76.6 Å². The van der Waals surface area contributed by atoms with Crippen LogP contribution in [0, 0.1) is 5.41 Å². The van der Waals surface area contributed by atoms with Crippen LogP contribution in [-0.4, -0.2) is 32.2 Å². The molecule has 1 spiro atoms. The Morgan fingerprint density at radius 1 is 1.23 bits per heavy atom. The summed E-state index contributed by atoms with van der Waals surface area (Å²) in [5, 5.41) is 3.20. The van der Waals surface area contributed by atoms with Crippen LogP contribution < -0.4 is 5.32 Å². The van der Waals surface area contributed by atoms with E-state index in [4.69, 9.17) is 4.74 Å². The fraction of sp³-hybridized carbons (Fsp3) is 1.00. The number of ether oxygens (including phenoxy) is 1. The van der Waals surface area contributed by atoms with Crippen molar-refractivity contribution in [2.45, 2.75) is 25.0 Å². The Hall–Kier alpha value is -0.220. The summed E-state index contributed by atoms with van der Waals surface area (Å²) in [5.74, 6) is 0. The minimum Gasteiger partial charge on any atom is -0.361 e. The van der Waals surface area contributed by atoms with Gasteiger partial charge in [0.25, 0.3) is 0 Å². The summed E-state index contributed by atoms with van der Waals surface area (Å²) >= 11 is 0. The van der Waals surface area contributed by atoms with Gasteiger partial charge in [-0.3, -0.25) is 14.1 Å². The molecule has 2 aliphatic rings. The van der Waals surface area contributed by atoms with Crippen molar-refractivity contribution in [1.29, 1.82) is 0 Å². The second-order valence-electron chi connectivity index (χ2n) is 4.24. The summed E-state index contributed by atoms with van der Waals surface area (Å²) in [5.41, 5.74) is -1.14. The average Bonchev–Trinajstić information content (AvgIpc) is 2.15. The van der Waals surface area contributed by atoms with Gasteiger partial charge in [-0.15, -0.1) is 0 Å². The molecule has 2 rings (SSSR count). The molecule has 0 aromatic heterocycles. The van der Waals surface area contributed by atoms with E-state index in [1.807, 2.05) is 0 Å². The van der Waals surface area contributed by atoms with Crippen LogP contribution in [0.5, 0.6) is 0 Å². The molecule has 0 aromatic rings. The second-order valence-corrected chi connectivity index (χ2v) is 4.24. The maximum atomic E-state index is 12.5. The van der Waals surface area contributed by atoms with Gasteiger partial charge in [0, 0.05) is 18.3 Å². The van der Waals surface area contributed by atoms with Gasteiger partial charge in [-0.25, -0.2) is 0 Å². The highest BCUT2D eigenvalue weighted by Gasteiger charge is 2.56. The van der Waals surface area contributed by atoms with Gasteiger partial charge in [0.2, 0.25) is 0 Å². The predicted molar refractivity (Wildman–Crippen MR) is 44.9 cm³/mol. The molecule has 76 valence electrons. The lowest BCUT2D eigenvalue weighted by Gasteiger charge is -2.55. The van der Waals surface area contributed by atoms with Crippen molar-refractivity contribution in [2.75, 3.05) is 26.5 Å². The van der Waals surface area contributed by atoms with E-state index in [1.165, 1.54) is 0 Å². The molecule has 0 unspecified atom stereocenters. The number of alkyl halides is 2. The Morgan fingerprint density at radius 3 is 2.38 bits per heavy atom. The molecule has 0 atom stereocenters. The SMILES string of the molecule is FCC1(CF)CC2(C1)NCCCO2. The van der Waals surface area contributed by atoms with Crippen LogP contribution in [0.15, 0.2) is 0 Å². The van der Waals surface area contributed by atoms with Crippen LogP contribution in [0.3, 0.4) is 0 Å². The van der Waals surface area contributed by atoms with Crippen LogP contribution >= 0.6 is 0 Å². The van der Waals surface area contributed by atoms with Crippen molar-refractivity contribution < 1.29 is 13.5 Å². The maximum absolute atomic E-state index is 12.5. The minimum absolute atomic E-state index is 0.392. The minimum atomic E-state index is -0.746. The van der Waals surface area contributed by atoms with Gasteiger partial charge in [0.1, 0.15) is 5.72 Å². The zero-order valence-electron chi connectivity index (χ0n) is 7.61. The molecule has 1 aliphatic heterocycles. The summed E-state index contributed by atoms with van der Waals surface area (Å²) in [4.78, 5) is 0. The van der Waals surface area contributed by atoms with Crippen molar-refractivity contribution in [2.24, 2.45) is 5.41 Å². The van der Waals surface area contributed by atoms with Crippen LogP contribution in [0.2, 0.25) is 0 Å². The van der Waals surface area contributed by atoms with E-state index >= 15 is 0 Å². The Kier molecular flexibility index (Phi) is 2.28. The van der Waals surface area contributed by atoms with Crippen LogP contribution in [0.4, 0.5) is 8.78 Å². The molecule has 2 nitrogen and oxygen atoms in total. The zero-order chi connectivity index (χ0) is 9.36. The Morgan fingerprint density at radius 2 is 1.92 bits per heavy atom. The maximum Gasteiger partial charge on any atom is 0.120 e. The predicted octanol–water partition coefficient (Wildman–Crippen LogP) is 1.41. The first kappa shape index (κ1) is 9.34. The van der Waals surface area contributed by atoms with Crippen LogP contribution in [-0.2, 0) is 4.74 Å². The molecule has 2 fully saturated rings. The topological polar surface area (TPSA) is 21.3 Å². The summed E-state index contributed by atoms with van der Waals surface area (Å²) in [7, 11) is 0. The molecule has 13 heavy (non-hydrogen) atoms. The van der Waals surface area contributed by atoms with Crippen LogP contribution in [0.25, 0.3) is 0 Å². The van der Waals surface area contributed by atoms with Gasteiger partial charge in [-0.2, -0.15) is 0 Å². The number of hydrogen-bond acceptors (Lipinski definition) is 2.